The van der Waals surface area contributed by atoms with Gasteiger partial charge in [0.2, 0.25) is 0 Å². The number of ether oxygens (including phenoxy) is 2. The van der Waals surface area contributed by atoms with E-state index in [1.165, 1.54) is 11.3 Å². The van der Waals surface area contributed by atoms with E-state index in [1.54, 1.807) is 25.1 Å². The molecule has 3 aromatic rings. The quantitative estimate of drug-likeness (QED) is 0.353. The average Bonchev–Trinajstić information content (AvgIpc) is 3.13. The summed E-state index contributed by atoms with van der Waals surface area (Å²) in [5.74, 6) is -0.373. The zero-order valence-corrected chi connectivity index (χ0v) is 20.4. The van der Waals surface area contributed by atoms with E-state index in [0.717, 1.165) is 22.3 Å². The molecule has 1 heterocycles. The van der Waals surface area contributed by atoms with Gasteiger partial charge < -0.3 is 14.8 Å². The number of rotatable bonds is 7. The van der Waals surface area contributed by atoms with E-state index in [9.17, 15) is 9.59 Å². The largest absolute Gasteiger partial charge is 0.483 e. The molecule has 3 rings (SSSR count). The van der Waals surface area contributed by atoms with E-state index in [1.807, 2.05) is 37.4 Å². The van der Waals surface area contributed by atoms with Crippen molar-refractivity contribution in [3.8, 4) is 16.9 Å². The summed E-state index contributed by atoms with van der Waals surface area (Å²) in [7, 11) is 0. The van der Waals surface area contributed by atoms with Gasteiger partial charge in [-0.3, -0.25) is 4.79 Å². The van der Waals surface area contributed by atoms with E-state index in [4.69, 9.17) is 21.1 Å². The molecule has 8 heteroatoms. The molecular weight excluding hydrogens is 502 g/mol. The van der Waals surface area contributed by atoms with Crippen molar-refractivity contribution in [3.05, 3.63) is 68.0 Å². The molecule has 0 radical (unpaired) electrons. The predicted molar refractivity (Wildman–Crippen MR) is 128 cm³/mol. The van der Waals surface area contributed by atoms with Crippen LogP contribution in [0.15, 0.2) is 46.3 Å². The third-order valence-corrected chi connectivity index (χ3v) is 6.34. The van der Waals surface area contributed by atoms with Crippen molar-refractivity contribution < 1.29 is 19.1 Å². The van der Waals surface area contributed by atoms with Crippen molar-refractivity contribution in [3.63, 3.8) is 0 Å². The van der Waals surface area contributed by atoms with Gasteiger partial charge in [0.05, 0.1) is 11.1 Å². The van der Waals surface area contributed by atoms with Gasteiger partial charge in [-0.1, -0.05) is 29.8 Å². The molecule has 0 unspecified atom stereocenters. The highest BCUT2D eigenvalue weighted by atomic mass is 79.9. The summed E-state index contributed by atoms with van der Waals surface area (Å²) in [5, 5.41) is 5.61. The summed E-state index contributed by atoms with van der Waals surface area (Å²) < 4.78 is 11.5. The van der Waals surface area contributed by atoms with Crippen molar-refractivity contribution in [2.75, 3.05) is 18.5 Å². The monoisotopic (exact) mass is 521 g/mol. The highest BCUT2D eigenvalue weighted by Crippen LogP contribution is 2.37. The van der Waals surface area contributed by atoms with Crippen LogP contribution in [0.2, 0.25) is 5.02 Å². The number of nitrogens with one attached hydrogen (secondary N) is 1. The molecule has 162 valence electrons. The van der Waals surface area contributed by atoms with Crippen LogP contribution in [-0.4, -0.2) is 25.1 Å². The van der Waals surface area contributed by atoms with Crippen LogP contribution in [-0.2, 0) is 9.53 Å². The Morgan fingerprint density at radius 2 is 1.90 bits per heavy atom. The van der Waals surface area contributed by atoms with Crippen molar-refractivity contribution >= 4 is 55.7 Å². The molecule has 0 spiro atoms. The number of halogens is 2. The first-order chi connectivity index (χ1) is 14.8. The maximum atomic E-state index is 12.7. The van der Waals surface area contributed by atoms with Crippen molar-refractivity contribution in [1.82, 2.24) is 0 Å². The summed E-state index contributed by atoms with van der Waals surface area (Å²) >= 11 is 10.6. The molecule has 0 aliphatic carbocycles. The molecule has 1 N–H and O–H groups in total. The Kier molecular flexibility index (Phi) is 7.75. The molecule has 0 bridgehead atoms. The Bertz CT molecular complexity index is 1130. The zero-order chi connectivity index (χ0) is 22.5. The summed E-state index contributed by atoms with van der Waals surface area (Å²) in [6.07, 6.45) is 0. The van der Waals surface area contributed by atoms with E-state index in [2.05, 4.69) is 21.2 Å². The van der Waals surface area contributed by atoms with Crippen LogP contribution in [0.5, 0.6) is 5.75 Å². The van der Waals surface area contributed by atoms with Gasteiger partial charge >= 0.3 is 5.97 Å². The summed E-state index contributed by atoms with van der Waals surface area (Å²) in [5.41, 5.74) is 4.24. The molecule has 0 fully saturated rings. The highest BCUT2D eigenvalue weighted by Gasteiger charge is 2.23. The molecule has 0 aliphatic rings. The van der Waals surface area contributed by atoms with Gasteiger partial charge in [-0.2, -0.15) is 0 Å². The fourth-order valence-corrected chi connectivity index (χ4v) is 4.65. The Balaban J connectivity index is 1.83. The van der Waals surface area contributed by atoms with Crippen LogP contribution in [0.25, 0.3) is 11.1 Å². The fraction of sp³-hybridized carbons (Fsp3) is 0.217. The third kappa shape index (κ3) is 5.67. The van der Waals surface area contributed by atoms with Gasteiger partial charge in [0.1, 0.15) is 16.3 Å². The van der Waals surface area contributed by atoms with Crippen molar-refractivity contribution in [2.24, 2.45) is 0 Å². The lowest BCUT2D eigenvalue weighted by molar-refractivity contribution is -0.118. The minimum atomic E-state index is -0.478. The van der Waals surface area contributed by atoms with Gasteiger partial charge in [-0.05, 0) is 71.6 Å². The maximum Gasteiger partial charge on any atom is 0.341 e. The molecular formula is C23H21BrClNO4S. The van der Waals surface area contributed by atoms with Gasteiger partial charge in [-0.15, -0.1) is 11.3 Å². The first-order valence-electron chi connectivity index (χ1n) is 9.54. The topological polar surface area (TPSA) is 64.6 Å². The highest BCUT2D eigenvalue weighted by molar-refractivity contribution is 9.10. The van der Waals surface area contributed by atoms with Gasteiger partial charge in [0.25, 0.3) is 5.91 Å². The van der Waals surface area contributed by atoms with Gasteiger partial charge in [-0.25, -0.2) is 4.79 Å². The molecule has 31 heavy (non-hydrogen) atoms. The maximum absolute atomic E-state index is 12.7. The predicted octanol–water partition coefficient (Wildman–Crippen LogP) is 6.64. The molecule has 1 amide bonds. The number of hydrogen-bond acceptors (Lipinski definition) is 5. The number of esters is 1. The lowest BCUT2D eigenvalue weighted by Gasteiger charge is -2.11. The van der Waals surface area contributed by atoms with E-state index in [0.29, 0.717) is 25.8 Å². The standard InChI is InChI=1S/C23H21BrClNO4S/c1-4-29-23(28)21-17(15-6-5-13(2)14(3)9-15)12-31-22(21)26-20(27)11-30-19-8-7-16(25)10-18(19)24/h5-10,12H,4,11H2,1-3H3,(H,26,27). The second kappa shape index (κ2) is 10.3. The SMILES string of the molecule is CCOC(=O)c1c(-c2ccc(C)c(C)c2)csc1NC(=O)COc1ccc(Cl)cc1Br. The second-order valence-corrected chi connectivity index (χ2v) is 8.96. The lowest BCUT2D eigenvalue weighted by Crippen LogP contribution is -2.21. The smallest absolute Gasteiger partial charge is 0.341 e. The van der Waals surface area contributed by atoms with Crippen molar-refractivity contribution in [2.45, 2.75) is 20.8 Å². The molecule has 0 atom stereocenters. The number of aryl methyl sites for hydroxylation is 2. The van der Waals surface area contributed by atoms with Gasteiger partial charge in [0.15, 0.2) is 6.61 Å². The minimum absolute atomic E-state index is 0.223. The average molecular weight is 523 g/mol. The summed E-state index contributed by atoms with van der Waals surface area (Å²) in [6.45, 7) is 5.81. The molecule has 0 saturated carbocycles. The summed E-state index contributed by atoms with van der Waals surface area (Å²) in [6, 6.07) is 11.0. The number of benzene rings is 2. The number of anilines is 1. The van der Waals surface area contributed by atoms with E-state index >= 15 is 0 Å². The number of carbonyl (C=O) groups is 2. The number of hydrogen-bond donors (Lipinski definition) is 1. The van der Waals surface area contributed by atoms with Crippen LogP contribution in [0, 0.1) is 13.8 Å². The van der Waals surface area contributed by atoms with Crippen molar-refractivity contribution in [1.29, 1.82) is 0 Å². The Morgan fingerprint density at radius 3 is 2.58 bits per heavy atom. The Morgan fingerprint density at radius 1 is 1.13 bits per heavy atom. The fourth-order valence-electron chi connectivity index (χ4n) is 2.88. The zero-order valence-electron chi connectivity index (χ0n) is 17.3. The lowest BCUT2D eigenvalue weighted by atomic mass is 9.99. The van der Waals surface area contributed by atoms with Crippen LogP contribution in [0.4, 0.5) is 5.00 Å². The Labute approximate surface area is 198 Å². The van der Waals surface area contributed by atoms with E-state index in [-0.39, 0.29) is 19.1 Å². The molecule has 0 saturated heterocycles. The summed E-state index contributed by atoms with van der Waals surface area (Å²) in [4.78, 5) is 25.2. The van der Waals surface area contributed by atoms with Crippen LogP contribution >= 0.6 is 38.9 Å². The van der Waals surface area contributed by atoms with Crippen LogP contribution in [0.1, 0.15) is 28.4 Å². The number of thiophene rings is 1. The minimum Gasteiger partial charge on any atom is -0.483 e. The number of amides is 1. The molecule has 1 aromatic heterocycles. The first-order valence-corrected chi connectivity index (χ1v) is 11.6. The molecule has 0 aliphatic heterocycles. The number of carbonyl (C=O) groups excluding carboxylic acids is 2. The first kappa shape index (κ1) is 23.3. The third-order valence-electron chi connectivity index (χ3n) is 4.59. The molecule has 5 nitrogen and oxygen atoms in total. The van der Waals surface area contributed by atoms with E-state index < -0.39 is 5.97 Å². The molecule has 2 aromatic carbocycles. The Hall–Kier alpha value is -2.35. The van der Waals surface area contributed by atoms with Crippen LogP contribution in [0.3, 0.4) is 0 Å². The second-order valence-electron chi connectivity index (χ2n) is 6.78. The normalized spacial score (nSPS) is 10.6. The van der Waals surface area contributed by atoms with Gasteiger partial charge in [0, 0.05) is 16.0 Å². The van der Waals surface area contributed by atoms with Crippen LogP contribution < -0.4 is 10.1 Å².